The standard InChI is InChI=1S/C19H14Cl3N3O3/c20-14-6-4-12(9-16(14)22)24-19(27)25-17-8-11(3-5-15(17)21)18(26)23-10-13-2-1-7-28-13/h1-9H,10H2,(H,23,26)(H2,24,25,27). The zero-order valence-corrected chi connectivity index (χ0v) is 16.5. The van der Waals surface area contributed by atoms with Crippen molar-refractivity contribution in [3.63, 3.8) is 0 Å². The Kier molecular flexibility index (Phi) is 6.46. The normalized spacial score (nSPS) is 10.4. The quantitative estimate of drug-likeness (QED) is 0.470. The lowest BCUT2D eigenvalue weighted by Crippen LogP contribution is -2.23. The molecule has 9 heteroatoms. The molecule has 0 radical (unpaired) electrons. The number of halogens is 3. The van der Waals surface area contributed by atoms with Gasteiger partial charge in [-0.15, -0.1) is 0 Å². The summed E-state index contributed by atoms with van der Waals surface area (Å²) in [6, 6.07) is 12.2. The Morgan fingerprint density at radius 2 is 1.68 bits per heavy atom. The van der Waals surface area contributed by atoms with E-state index in [2.05, 4.69) is 16.0 Å². The van der Waals surface area contributed by atoms with Gasteiger partial charge in [-0.05, 0) is 48.5 Å². The van der Waals surface area contributed by atoms with Gasteiger partial charge in [0.05, 0.1) is 33.6 Å². The van der Waals surface area contributed by atoms with E-state index in [0.29, 0.717) is 27.1 Å². The number of carbonyl (C=O) groups excluding carboxylic acids is 2. The first-order valence-electron chi connectivity index (χ1n) is 8.05. The molecule has 0 aliphatic carbocycles. The van der Waals surface area contributed by atoms with Crippen molar-refractivity contribution in [2.45, 2.75) is 6.54 Å². The number of urea groups is 1. The number of amides is 3. The molecule has 0 unspecified atom stereocenters. The van der Waals surface area contributed by atoms with Gasteiger partial charge in [0.25, 0.3) is 5.91 Å². The first-order valence-corrected chi connectivity index (χ1v) is 9.19. The Bertz CT molecular complexity index is 1010. The summed E-state index contributed by atoms with van der Waals surface area (Å²) in [4.78, 5) is 24.5. The molecule has 1 heterocycles. The van der Waals surface area contributed by atoms with Gasteiger partial charge >= 0.3 is 6.03 Å². The molecule has 3 amide bonds. The molecule has 6 nitrogen and oxygen atoms in total. The summed E-state index contributed by atoms with van der Waals surface area (Å²) in [7, 11) is 0. The summed E-state index contributed by atoms with van der Waals surface area (Å²) in [6.07, 6.45) is 1.53. The highest BCUT2D eigenvalue weighted by Gasteiger charge is 2.12. The van der Waals surface area contributed by atoms with Crippen molar-refractivity contribution in [2.75, 3.05) is 10.6 Å². The van der Waals surface area contributed by atoms with E-state index in [-0.39, 0.29) is 23.2 Å². The fourth-order valence-electron chi connectivity index (χ4n) is 2.30. The number of rotatable bonds is 5. The smallest absolute Gasteiger partial charge is 0.323 e. The van der Waals surface area contributed by atoms with Crippen LogP contribution in [0.4, 0.5) is 16.2 Å². The predicted molar refractivity (Wildman–Crippen MR) is 110 cm³/mol. The topological polar surface area (TPSA) is 83.4 Å². The summed E-state index contributed by atoms with van der Waals surface area (Å²) in [5.74, 6) is 0.294. The van der Waals surface area contributed by atoms with Crippen LogP contribution in [0.15, 0.2) is 59.2 Å². The van der Waals surface area contributed by atoms with Crippen LogP contribution in [0.3, 0.4) is 0 Å². The Morgan fingerprint density at radius 1 is 0.893 bits per heavy atom. The molecule has 144 valence electrons. The summed E-state index contributed by atoms with van der Waals surface area (Å²) < 4.78 is 5.17. The molecule has 0 spiro atoms. The molecule has 0 atom stereocenters. The van der Waals surface area contributed by atoms with Crippen LogP contribution in [0.25, 0.3) is 0 Å². The average Bonchev–Trinajstić information content (AvgIpc) is 3.18. The maximum atomic E-state index is 12.3. The Balaban J connectivity index is 1.65. The van der Waals surface area contributed by atoms with Crippen LogP contribution in [-0.4, -0.2) is 11.9 Å². The minimum absolute atomic E-state index is 0.245. The predicted octanol–water partition coefficient (Wildman–Crippen LogP) is 5.81. The molecule has 0 fully saturated rings. The molecule has 0 saturated heterocycles. The van der Waals surface area contributed by atoms with Crippen LogP contribution in [0.1, 0.15) is 16.1 Å². The van der Waals surface area contributed by atoms with Gasteiger partial charge in [-0.1, -0.05) is 34.8 Å². The van der Waals surface area contributed by atoms with E-state index in [1.54, 1.807) is 30.3 Å². The molecule has 2 aromatic carbocycles. The van der Waals surface area contributed by atoms with Crippen LogP contribution >= 0.6 is 34.8 Å². The van der Waals surface area contributed by atoms with E-state index in [1.807, 2.05) is 0 Å². The van der Waals surface area contributed by atoms with Gasteiger partial charge < -0.3 is 20.4 Å². The number of nitrogens with one attached hydrogen (secondary N) is 3. The number of furan rings is 1. The number of anilines is 2. The van der Waals surface area contributed by atoms with Crippen molar-refractivity contribution >= 4 is 58.1 Å². The second kappa shape index (κ2) is 9.01. The highest BCUT2D eigenvalue weighted by Crippen LogP contribution is 2.26. The third kappa shape index (κ3) is 5.19. The van der Waals surface area contributed by atoms with Crippen molar-refractivity contribution in [3.8, 4) is 0 Å². The molecule has 3 N–H and O–H groups in total. The number of carbonyl (C=O) groups is 2. The Hall–Kier alpha value is -2.67. The fraction of sp³-hybridized carbons (Fsp3) is 0.0526. The Labute approximate surface area is 175 Å². The minimum Gasteiger partial charge on any atom is -0.467 e. The van der Waals surface area contributed by atoms with Crippen LogP contribution < -0.4 is 16.0 Å². The number of hydrogen-bond acceptors (Lipinski definition) is 3. The first-order chi connectivity index (χ1) is 13.4. The zero-order chi connectivity index (χ0) is 20.1. The van der Waals surface area contributed by atoms with Crippen LogP contribution in [-0.2, 0) is 6.54 Å². The molecule has 0 bridgehead atoms. The van der Waals surface area contributed by atoms with E-state index in [4.69, 9.17) is 39.2 Å². The molecule has 0 aliphatic heterocycles. The third-order valence-electron chi connectivity index (χ3n) is 3.66. The van der Waals surface area contributed by atoms with Crippen molar-refractivity contribution in [2.24, 2.45) is 0 Å². The third-order valence-corrected chi connectivity index (χ3v) is 4.73. The highest BCUT2D eigenvalue weighted by molar-refractivity contribution is 6.42. The summed E-state index contributed by atoms with van der Waals surface area (Å²) in [6.45, 7) is 0.245. The lowest BCUT2D eigenvalue weighted by atomic mass is 10.2. The van der Waals surface area contributed by atoms with E-state index in [0.717, 1.165) is 0 Å². The van der Waals surface area contributed by atoms with Gasteiger partial charge in [0, 0.05) is 11.3 Å². The van der Waals surface area contributed by atoms with Crippen molar-refractivity contribution in [1.82, 2.24) is 5.32 Å². The molecule has 0 saturated carbocycles. The average molecular weight is 439 g/mol. The summed E-state index contributed by atoms with van der Waals surface area (Å²) in [5, 5.41) is 8.91. The Morgan fingerprint density at radius 3 is 2.39 bits per heavy atom. The van der Waals surface area contributed by atoms with Crippen molar-refractivity contribution < 1.29 is 14.0 Å². The van der Waals surface area contributed by atoms with E-state index < -0.39 is 6.03 Å². The van der Waals surface area contributed by atoms with Gasteiger partial charge in [-0.3, -0.25) is 4.79 Å². The molecular weight excluding hydrogens is 425 g/mol. The van der Waals surface area contributed by atoms with Gasteiger partial charge in [0.1, 0.15) is 5.76 Å². The monoisotopic (exact) mass is 437 g/mol. The maximum absolute atomic E-state index is 12.3. The minimum atomic E-state index is -0.548. The van der Waals surface area contributed by atoms with E-state index in [1.165, 1.54) is 24.5 Å². The SMILES string of the molecule is O=C(Nc1ccc(Cl)c(Cl)c1)Nc1cc(C(=O)NCc2ccco2)ccc1Cl. The molecule has 3 rings (SSSR count). The number of hydrogen-bond donors (Lipinski definition) is 3. The molecule has 3 aromatic rings. The van der Waals surface area contributed by atoms with Crippen LogP contribution in [0.5, 0.6) is 0 Å². The van der Waals surface area contributed by atoms with Crippen molar-refractivity contribution in [3.05, 3.63) is 81.2 Å². The fourth-order valence-corrected chi connectivity index (χ4v) is 2.77. The molecule has 28 heavy (non-hydrogen) atoms. The number of benzene rings is 2. The lowest BCUT2D eigenvalue weighted by Gasteiger charge is -2.11. The first kappa shape index (κ1) is 20.1. The largest absolute Gasteiger partial charge is 0.467 e. The van der Waals surface area contributed by atoms with Gasteiger partial charge in [0.2, 0.25) is 0 Å². The van der Waals surface area contributed by atoms with Crippen LogP contribution in [0.2, 0.25) is 15.1 Å². The van der Waals surface area contributed by atoms with E-state index >= 15 is 0 Å². The van der Waals surface area contributed by atoms with E-state index in [9.17, 15) is 9.59 Å². The molecule has 0 aliphatic rings. The zero-order valence-electron chi connectivity index (χ0n) is 14.3. The molecular formula is C19H14Cl3N3O3. The summed E-state index contributed by atoms with van der Waals surface area (Å²) >= 11 is 17.9. The van der Waals surface area contributed by atoms with Gasteiger partial charge in [0.15, 0.2) is 0 Å². The maximum Gasteiger partial charge on any atom is 0.323 e. The molecule has 1 aromatic heterocycles. The summed E-state index contributed by atoms with van der Waals surface area (Å²) in [5.41, 5.74) is 1.07. The lowest BCUT2D eigenvalue weighted by molar-refractivity contribution is 0.0948. The second-order valence-corrected chi connectivity index (χ2v) is 6.89. The second-order valence-electron chi connectivity index (χ2n) is 5.66. The van der Waals surface area contributed by atoms with Gasteiger partial charge in [-0.25, -0.2) is 4.79 Å². The van der Waals surface area contributed by atoms with Crippen LogP contribution in [0, 0.1) is 0 Å². The highest BCUT2D eigenvalue weighted by atomic mass is 35.5. The van der Waals surface area contributed by atoms with Gasteiger partial charge in [-0.2, -0.15) is 0 Å². The van der Waals surface area contributed by atoms with Crippen molar-refractivity contribution in [1.29, 1.82) is 0 Å².